The minimum absolute atomic E-state index is 0.120. The largest absolute Gasteiger partial charge is 0.492 e. The Balaban J connectivity index is 1.77. The normalized spacial score (nSPS) is 17.2. The van der Waals surface area contributed by atoms with Crippen LogP contribution in [0.25, 0.3) is 0 Å². The first-order valence-corrected chi connectivity index (χ1v) is 7.48. The molecule has 2 aromatic rings. The Hall–Kier alpha value is -1.29. The minimum Gasteiger partial charge on any atom is -0.492 e. The summed E-state index contributed by atoms with van der Waals surface area (Å²) in [4.78, 5) is 0. The summed E-state index contributed by atoms with van der Waals surface area (Å²) in [5, 5.41) is 4.58. The van der Waals surface area contributed by atoms with Crippen LogP contribution in [0.3, 0.4) is 0 Å². The van der Waals surface area contributed by atoms with Crippen molar-refractivity contribution in [2.75, 3.05) is 6.61 Å². The first-order chi connectivity index (χ1) is 10.1. The van der Waals surface area contributed by atoms with Gasteiger partial charge in [-0.3, -0.25) is 0 Å². The van der Waals surface area contributed by atoms with Crippen molar-refractivity contribution in [2.24, 2.45) is 0 Å². The van der Waals surface area contributed by atoms with Crippen LogP contribution in [0.4, 0.5) is 4.39 Å². The fraction of sp³-hybridized carbons (Fsp3) is 0.250. The van der Waals surface area contributed by atoms with E-state index in [0.29, 0.717) is 28.9 Å². The fourth-order valence-electron chi connectivity index (χ4n) is 2.48. The van der Waals surface area contributed by atoms with Crippen molar-refractivity contribution in [2.45, 2.75) is 19.0 Å². The quantitative estimate of drug-likeness (QED) is 0.879. The van der Waals surface area contributed by atoms with Gasteiger partial charge in [-0.1, -0.05) is 35.3 Å². The lowest BCUT2D eigenvalue weighted by atomic mass is 10.00. The Bertz CT molecular complexity index is 645. The summed E-state index contributed by atoms with van der Waals surface area (Å²) < 4.78 is 18.5. The minimum atomic E-state index is -0.228. The van der Waals surface area contributed by atoms with Crippen molar-refractivity contribution >= 4 is 23.2 Å². The molecule has 0 fully saturated rings. The number of fused-ring (bicyclic) bond motifs is 1. The summed E-state index contributed by atoms with van der Waals surface area (Å²) in [5.41, 5.74) is 2.00. The Morgan fingerprint density at radius 1 is 1.19 bits per heavy atom. The lowest BCUT2D eigenvalue weighted by molar-refractivity contribution is 0.252. The van der Waals surface area contributed by atoms with Gasteiger partial charge in [0, 0.05) is 29.6 Å². The first kappa shape index (κ1) is 14.6. The molecule has 0 spiro atoms. The zero-order valence-corrected chi connectivity index (χ0v) is 12.7. The lowest BCUT2D eigenvalue weighted by Gasteiger charge is -2.27. The van der Waals surface area contributed by atoms with Crippen LogP contribution in [0, 0.1) is 5.82 Å². The van der Waals surface area contributed by atoms with E-state index in [9.17, 15) is 4.39 Å². The van der Waals surface area contributed by atoms with E-state index in [4.69, 9.17) is 27.9 Å². The average molecular weight is 326 g/mol. The average Bonchev–Trinajstić information content (AvgIpc) is 2.47. The SMILES string of the molecule is Fc1ccc(CNC2CCOc3c(Cl)cc(Cl)cc32)cc1. The third-order valence-electron chi connectivity index (χ3n) is 3.53. The van der Waals surface area contributed by atoms with Gasteiger partial charge in [0.05, 0.1) is 11.6 Å². The van der Waals surface area contributed by atoms with Crippen molar-refractivity contribution in [1.29, 1.82) is 0 Å². The van der Waals surface area contributed by atoms with Crippen molar-refractivity contribution < 1.29 is 9.13 Å². The monoisotopic (exact) mass is 325 g/mol. The Labute approximate surface area is 132 Å². The molecule has 0 bridgehead atoms. The van der Waals surface area contributed by atoms with E-state index in [-0.39, 0.29) is 11.9 Å². The number of ether oxygens (including phenoxy) is 1. The van der Waals surface area contributed by atoms with Gasteiger partial charge in [-0.25, -0.2) is 4.39 Å². The second-order valence-electron chi connectivity index (χ2n) is 5.00. The molecule has 1 heterocycles. The molecule has 0 aromatic heterocycles. The van der Waals surface area contributed by atoms with E-state index in [0.717, 1.165) is 17.5 Å². The predicted molar refractivity (Wildman–Crippen MR) is 82.6 cm³/mol. The molecule has 110 valence electrons. The highest BCUT2D eigenvalue weighted by atomic mass is 35.5. The van der Waals surface area contributed by atoms with Gasteiger partial charge >= 0.3 is 0 Å². The molecule has 1 aliphatic heterocycles. The van der Waals surface area contributed by atoms with Crippen molar-refractivity contribution in [3.63, 3.8) is 0 Å². The number of hydrogen-bond donors (Lipinski definition) is 1. The van der Waals surface area contributed by atoms with Crippen molar-refractivity contribution in [3.05, 3.63) is 63.4 Å². The van der Waals surface area contributed by atoms with Gasteiger partial charge in [0.2, 0.25) is 0 Å². The molecule has 0 amide bonds. The van der Waals surface area contributed by atoms with E-state index in [1.165, 1.54) is 12.1 Å². The molecule has 0 saturated heterocycles. The molecular formula is C16H14Cl2FNO. The van der Waals surface area contributed by atoms with Gasteiger partial charge in [-0.05, 0) is 29.8 Å². The van der Waals surface area contributed by atoms with Crippen LogP contribution >= 0.6 is 23.2 Å². The number of rotatable bonds is 3. The van der Waals surface area contributed by atoms with Gasteiger partial charge in [0.25, 0.3) is 0 Å². The maximum absolute atomic E-state index is 12.9. The third kappa shape index (κ3) is 3.31. The van der Waals surface area contributed by atoms with E-state index in [2.05, 4.69) is 5.32 Å². The maximum atomic E-state index is 12.9. The van der Waals surface area contributed by atoms with Crippen molar-refractivity contribution in [3.8, 4) is 5.75 Å². The van der Waals surface area contributed by atoms with Crippen LogP contribution in [0.5, 0.6) is 5.75 Å². The zero-order chi connectivity index (χ0) is 14.8. The molecule has 1 N–H and O–H groups in total. The summed E-state index contributed by atoms with van der Waals surface area (Å²) >= 11 is 12.2. The second kappa shape index (κ2) is 6.22. The van der Waals surface area contributed by atoms with E-state index in [1.54, 1.807) is 18.2 Å². The van der Waals surface area contributed by atoms with Crippen LogP contribution in [0.1, 0.15) is 23.6 Å². The molecule has 2 aromatic carbocycles. The second-order valence-corrected chi connectivity index (χ2v) is 5.85. The van der Waals surface area contributed by atoms with Gasteiger partial charge < -0.3 is 10.1 Å². The van der Waals surface area contributed by atoms with Crippen LogP contribution in [0.2, 0.25) is 10.0 Å². The molecule has 0 saturated carbocycles. The highest BCUT2D eigenvalue weighted by Crippen LogP contribution is 2.39. The first-order valence-electron chi connectivity index (χ1n) is 6.73. The van der Waals surface area contributed by atoms with E-state index < -0.39 is 0 Å². The van der Waals surface area contributed by atoms with Crippen LogP contribution in [-0.4, -0.2) is 6.61 Å². The van der Waals surface area contributed by atoms with Gasteiger partial charge in [-0.15, -0.1) is 0 Å². The number of nitrogens with one attached hydrogen (secondary N) is 1. The van der Waals surface area contributed by atoms with Crippen molar-refractivity contribution in [1.82, 2.24) is 5.32 Å². The molecule has 3 rings (SSSR count). The van der Waals surface area contributed by atoms with Gasteiger partial charge in [0.15, 0.2) is 0 Å². The summed E-state index contributed by atoms with van der Waals surface area (Å²) in [7, 11) is 0. The standard InChI is InChI=1S/C16H14Cl2FNO/c17-11-7-13-15(5-6-21-16(13)14(18)8-11)20-9-10-1-3-12(19)4-2-10/h1-4,7-8,15,20H,5-6,9H2. The highest BCUT2D eigenvalue weighted by Gasteiger charge is 2.23. The molecule has 5 heteroatoms. The summed E-state index contributed by atoms with van der Waals surface area (Å²) in [5.74, 6) is 0.470. The Kier molecular flexibility index (Phi) is 4.34. The fourth-order valence-corrected chi connectivity index (χ4v) is 3.04. The Morgan fingerprint density at radius 3 is 2.71 bits per heavy atom. The zero-order valence-electron chi connectivity index (χ0n) is 11.2. The number of hydrogen-bond acceptors (Lipinski definition) is 2. The molecule has 1 aliphatic rings. The summed E-state index contributed by atoms with van der Waals surface area (Å²) in [6.45, 7) is 1.25. The summed E-state index contributed by atoms with van der Waals surface area (Å²) in [6, 6.07) is 10.1. The molecule has 21 heavy (non-hydrogen) atoms. The van der Waals surface area contributed by atoms with E-state index in [1.807, 2.05) is 6.07 Å². The Morgan fingerprint density at radius 2 is 1.95 bits per heavy atom. The number of benzene rings is 2. The predicted octanol–water partition coefficient (Wildman–Crippen LogP) is 4.75. The molecular weight excluding hydrogens is 312 g/mol. The van der Waals surface area contributed by atoms with Gasteiger partial charge in [0.1, 0.15) is 11.6 Å². The molecule has 0 aliphatic carbocycles. The number of halogens is 3. The molecule has 1 atom stereocenters. The molecule has 2 nitrogen and oxygen atoms in total. The van der Waals surface area contributed by atoms with Crippen LogP contribution < -0.4 is 10.1 Å². The third-order valence-corrected chi connectivity index (χ3v) is 4.03. The van der Waals surface area contributed by atoms with E-state index >= 15 is 0 Å². The van der Waals surface area contributed by atoms with Crippen LogP contribution in [-0.2, 0) is 6.54 Å². The summed E-state index contributed by atoms with van der Waals surface area (Å²) in [6.07, 6.45) is 0.838. The maximum Gasteiger partial charge on any atom is 0.142 e. The molecule has 0 radical (unpaired) electrons. The smallest absolute Gasteiger partial charge is 0.142 e. The molecule has 1 unspecified atom stereocenters. The van der Waals surface area contributed by atoms with Crippen LogP contribution in [0.15, 0.2) is 36.4 Å². The van der Waals surface area contributed by atoms with Gasteiger partial charge in [-0.2, -0.15) is 0 Å². The lowest BCUT2D eigenvalue weighted by Crippen LogP contribution is -2.27. The highest BCUT2D eigenvalue weighted by molar-refractivity contribution is 6.35. The topological polar surface area (TPSA) is 21.3 Å².